The third kappa shape index (κ3) is 37.6. The molecular weight excluding hydrogens is 671 g/mol. The van der Waals surface area contributed by atoms with Crippen LogP contribution in [-0.4, -0.2) is 73.4 Å². The molecule has 0 spiro atoms. The van der Waals surface area contributed by atoms with E-state index in [-0.39, 0.29) is 19.1 Å². The molecule has 9 heteroatoms. The lowest BCUT2D eigenvalue weighted by Gasteiger charge is -2.26. The van der Waals surface area contributed by atoms with Crippen LogP contribution in [0.15, 0.2) is 12.2 Å². The Bertz CT molecular complexity index is 865. The van der Waals surface area contributed by atoms with Crippen molar-refractivity contribution in [3.8, 4) is 0 Å². The van der Waals surface area contributed by atoms with Crippen molar-refractivity contribution in [2.75, 3.05) is 40.9 Å². The van der Waals surface area contributed by atoms with Crippen molar-refractivity contribution >= 4 is 13.7 Å². The minimum atomic E-state index is -4.31. The summed E-state index contributed by atoms with van der Waals surface area (Å²) in [5.41, 5.74) is 0. The summed E-state index contributed by atoms with van der Waals surface area (Å²) in [4.78, 5) is 23.1. The number of rotatable bonds is 40. The maximum absolute atomic E-state index is 12.9. The molecule has 0 heterocycles. The summed E-state index contributed by atoms with van der Waals surface area (Å²) in [5, 5.41) is 13.9. The van der Waals surface area contributed by atoms with Gasteiger partial charge in [-0.05, 0) is 38.5 Å². The number of aliphatic hydroxyl groups excluding tert-OH is 1. The summed E-state index contributed by atoms with van der Waals surface area (Å²) in [6.07, 6.45) is 39.5. The number of hydrogen-bond acceptors (Lipinski definition) is 5. The van der Waals surface area contributed by atoms with Crippen LogP contribution in [0.4, 0.5) is 0 Å². The molecule has 8 nitrogen and oxygen atoms in total. The summed E-state index contributed by atoms with van der Waals surface area (Å²) in [7, 11) is 1.62. The van der Waals surface area contributed by atoms with Gasteiger partial charge >= 0.3 is 7.82 Å². The third-order valence-electron chi connectivity index (χ3n) is 10.0. The molecule has 0 radical (unpaired) electrons. The van der Waals surface area contributed by atoms with Crippen LogP contribution >= 0.6 is 7.82 Å². The molecule has 0 aromatic rings. The van der Waals surface area contributed by atoms with Gasteiger partial charge in [-0.25, -0.2) is 4.57 Å². The van der Waals surface area contributed by atoms with E-state index in [4.69, 9.17) is 9.05 Å². The summed E-state index contributed by atoms with van der Waals surface area (Å²) in [5.74, 6) is -0.147. The lowest BCUT2D eigenvalue weighted by atomic mass is 10.0. The monoisotopic (exact) mass is 760 g/mol. The molecule has 310 valence electrons. The second kappa shape index (κ2) is 35.9. The first-order valence-corrected chi connectivity index (χ1v) is 23.5. The van der Waals surface area contributed by atoms with E-state index >= 15 is 0 Å². The average molecular weight is 760 g/mol. The van der Waals surface area contributed by atoms with Crippen LogP contribution in [-0.2, 0) is 18.4 Å². The fourth-order valence-electron chi connectivity index (χ4n) is 6.45. The molecular formula is C43H88N2O6P+. The van der Waals surface area contributed by atoms with Crippen molar-refractivity contribution in [1.29, 1.82) is 0 Å². The van der Waals surface area contributed by atoms with Gasteiger partial charge in [0.1, 0.15) is 13.2 Å². The molecule has 0 aliphatic heterocycles. The molecule has 3 N–H and O–H groups in total. The van der Waals surface area contributed by atoms with Crippen LogP contribution in [0.3, 0.4) is 0 Å². The Kier molecular flexibility index (Phi) is 35.4. The van der Waals surface area contributed by atoms with Gasteiger partial charge in [-0.15, -0.1) is 0 Å². The number of hydrogen-bond donors (Lipinski definition) is 3. The maximum Gasteiger partial charge on any atom is 0.472 e. The number of quaternary nitrogens is 1. The first-order chi connectivity index (χ1) is 25.0. The Morgan fingerprint density at radius 2 is 1.04 bits per heavy atom. The number of nitrogens with one attached hydrogen (secondary N) is 1. The molecule has 0 fully saturated rings. The number of carbonyl (C=O) groups is 1. The highest BCUT2D eigenvalue weighted by molar-refractivity contribution is 7.47. The van der Waals surface area contributed by atoms with Gasteiger partial charge in [0, 0.05) is 6.42 Å². The highest BCUT2D eigenvalue weighted by Crippen LogP contribution is 2.43. The van der Waals surface area contributed by atoms with Crippen molar-refractivity contribution in [2.45, 2.75) is 219 Å². The summed E-state index contributed by atoms with van der Waals surface area (Å²) >= 11 is 0. The predicted molar refractivity (Wildman–Crippen MR) is 222 cm³/mol. The van der Waals surface area contributed by atoms with Gasteiger partial charge < -0.3 is 19.8 Å². The standard InChI is InChI=1S/C43H87N2O6P/c1-6-8-10-12-14-16-18-19-20-21-22-23-24-25-27-29-31-33-35-37-43(47)44-41(40-51-52(48,49)50-39-38-45(3,4)5)42(46)36-34-32-30-28-26-17-15-13-11-9-7-2/h19-20,41-42,46H,6-18,21-40H2,1-5H3,(H-,44,47,48,49)/p+1/b20-19-. The van der Waals surface area contributed by atoms with Gasteiger partial charge in [-0.2, -0.15) is 0 Å². The number of unbranched alkanes of at least 4 members (excludes halogenated alkanes) is 25. The molecule has 3 unspecified atom stereocenters. The predicted octanol–water partition coefficient (Wildman–Crippen LogP) is 12.0. The lowest BCUT2D eigenvalue weighted by Crippen LogP contribution is -2.46. The zero-order chi connectivity index (χ0) is 38.6. The number of phosphoric acid groups is 1. The van der Waals surface area contributed by atoms with E-state index in [1.54, 1.807) is 0 Å². The SMILES string of the molecule is CCCCCCCC/C=C\CCCCCCCCCCCC(=O)NC(COP(=O)(O)OCC[N+](C)(C)C)C(O)CCCCCCCCCCCCC. The number of aliphatic hydroxyl groups is 1. The van der Waals surface area contributed by atoms with Gasteiger partial charge in [0.2, 0.25) is 5.91 Å². The first kappa shape index (κ1) is 51.2. The maximum atomic E-state index is 12.9. The summed E-state index contributed by atoms with van der Waals surface area (Å²) < 4.78 is 23.6. The smallest absolute Gasteiger partial charge is 0.391 e. The third-order valence-corrected chi connectivity index (χ3v) is 11.0. The van der Waals surface area contributed by atoms with Crippen LogP contribution in [0, 0.1) is 0 Å². The van der Waals surface area contributed by atoms with Gasteiger partial charge in [-0.1, -0.05) is 174 Å². The Labute approximate surface area is 322 Å². The molecule has 0 saturated carbocycles. The number of nitrogens with zero attached hydrogens (tertiary/aromatic N) is 1. The van der Waals surface area contributed by atoms with E-state index < -0.39 is 20.0 Å². The van der Waals surface area contributed by atoms with Gasteiger partial charge in [0.25, 0.3) is 0 Å². The molecule has 0 aliphatic carbocycles. The first-order valence-electron chi connectivity index (χ1n) is 22.1. The zero-order valence-corrected chi connectivity index (χ0v) is 36.0. The lowest BCUT2D eigenvalue weighted by molar-refractivity contribution is -0.870. The second-order valence-electron chi connectivity index (χ2n) is 16.4. The fraction of sp³-hybridized carbons (Fsp3) is 0.930. The topological polar surface area (TPSA) is 105 Å². The van der Waals surface area contributed by atoms with E-state index in [9.17, 15) is 19.4 Å². The molecule has 0 aliphatic rings. The summed E-state index contributed by atoms with van der Waals surface area (Å²) in [6.45, 7) is 4.88. The quantitative estimate of drug-likeness (QED) is 0.0249. The van der Waals surface area contributed by atoms with E-state index in [1.165, 1.54) is 141 Å². The molecule has 0 saturated heterocycles. The van der Waals surface area contributed by atoms with E-state index in [1.807, 2.05) is 21.1 Å². The molecule has 0 aromatic heterocycles. The molecule has 52 heavy (non-hydrogen) atoms. The molecule has 0 bridgehead atoms. The van der Waals surface area contributed by atoms with E-state index in [2.05, 4.69) is 31.3 Å². The van der Waals surface area contributed by atoms with Crippen LogP contribution in [0.1, 0.15) is 206 Å². The molecule has 3 atom stereocenters. The van der Waals surface area contributed by atoms with Gasteiger partial charge in [0.15, 0.2) is 0 Å². The fourth-order valence-corrected chi connectivity index (χ4v) is 7.19. The minimum absolute atomic E-state index is 0.0760. The number of phosphoric ester groups is 1. The number of amides is 1. The Morgan fingerprint density at radius 3 is 1.48 bits per heavy atom. The van der Waals surface area contributed by atoms with Crippen molar-refractivity contribution in [3.05, 3.63) is 12.2 Å². The van der Waals surface area contributed by atoms with Crippen LogP contribution in [0.25, 0.3) is 0 Å². The largest absolute Gasteiger partial charge is 0.472 e. The second-order valence-corrected chi connectivity index (χ2v) is 17.9. The van der Waals surface area contributed by atoms with Crippen molar-refractivity contribution in [3.63, 3.8) is 0 Å². The Balaban J connectivity index is 4.29. The van der Waals surface area contributed by atoms with Crippen molar-refractivity contribution < 1.29 is 32.9 Å². The zero-order valence-electron chi connectivity index (χ0n) is 35.1. The van der Waals surface area contributed by atoms with Gasteiger partial charge in [-0.3, -0.25) is 13.8 Å². The number of carbonyl (C=O) groups excluding carboxylic acids is 1. The van der Waals surface area contributed by atoms with Crippen LogP contribution in [0.5, 0.6) is 0 Å². The Hall–Kier alpha value is -0.760. The van der Waals surface area contributed by atoms with E-state index in [0.29, 0.717) is 23.9 Å². The van der Waals surface area contributed by atoms with Gasteiger partial charge in [0.05, 0.1) is 39.9 Å². The molecule has 0 rings (SSSR count). The summed E-state index contributed by atoms with van der Waals surface area (Å²) in [6, 6.07) is -0.756. The number of likely N-dealkylation sites (N-methyl/N-ethyl adjacent to an activating group) is 1. The minimum Gasteiger partial charge on any atom is -0.391 e. The number of allylic oxidation sites excluding steroid dienone is 2. The highest BCUT2D eigenvalue weighted by atomic mass is 31.2. The highest BCUT2D eigenvalue weighted by Gasteiger charge is 2.28. The normalized spacial score (nSPS) is 14.5. The Morgan fingerprint density at radius 1 is 0.635 bits per heavy atom. The molecule has 1 amide bonds. The average Bonchev–Trinajstić information content (AvgIpc) is 3.09. The van der Waals surface area contributed by atoms with Crippen molar-refractivity contribution in [2.24, 2.45) is 0 Å². The van der Waals surface area contributed by atoms with Crippen LogP contribution in [0.2, 0.25) is 0 Å². The van der Waals surface area contributed by atoms with Crippen LogP contribution < -0.4 is 5.32 Å². The molecule has 0 aromatic carbocycles. The van der Waals surface area contributed by atoms with Crippen molar-refractivity contribution in [1.82, 2.24) is 5.32 Å². The van der Waals surface area contributed by atoms with E-state index in [0.717, 1.165) is 38.5 Å².